The van der Waals surface area contributed by atoms with Gasteiger partial charge in [0, 0.05) is 31.9 Å². The van der Waals surface area contributed by atoms with Gasteiger partial charge in [-0.3, -0.25) is 19.2 Å². The quantitative estimate of drug-likeness (QED) is 0.131. The van der Waals surface area contributed by atoms with Crippen LogP contribution in [-0.4, -0.2) is 107 Å². The Bertz CT molecular complexity index is 1720. The second-order valence-corrected chi connectivity index (χ2v) is 17.8. The number of hydrogen-bond acceptors (Lipinski definition) is 12. The number of nitrogens with zero attached hydrogens (tertiary/aromatic N) is 3. The number of rotatable bonds is 18. The number of methoxy groups -OCH3 is 1. The van der Waals surface area contributed by atoms with E-state index in [9.17, 15) is 28.8 Å². The molecule has 1 heterocycles. The summed E-state index contributed by atoms with van der Waals surface area (Å²) < 4.78 is 22.0. The Balaban J connectivity index is 2.26. The first-order valence-corrected chi connectivity index (χ1v) is 20.5. The van der Waals surface area contributed by atoms with Crippen LogP contribution in [0.25, 0.3) is 0 Å². The highest BCUT2D eigenvalue weighted by molar-refractivity contribution is 7.09. The van der Waals surface area contributed by atoms with Gasteiger partial charge in [-0.15, -0.1) is 11.3 Å². The summed E-state index contributed by atoms with van der Waals surface area (Å²) in [5, 5.41) is 7.66. The maximum atomic E-state index is 14.3. The average molecular weight is 832 g/mol. The van der Waals surface area contributed by atoms with Gasteiger partial charge in [0.15, 0.2) is 6.10 Å². The number of nitrogens with one attached hydrogen (secondary N) is 2. The van der Waals surface area contributed by atoms with Crippen LogP contribution in [0.1, 0.15) is 123 Å². The van der Waals surface area contributed by atoms with E-state index in [4.69, 9.17) is 18.9 Å². The number of aromatic nitrogens is 1. The van der Waals surface area contributed by atoms with E-state index >= 15 is 0 Å². The first-order chi connectivity index (χ1) is 26.8. The molecule has 15 nitrogen and oxygen atoms in total. The number of alkyl carbamates (subject to hydrolysis) is 1. The highest BCUT2D eigenvalue weighted by atomic mass is 32.1. The third kappa shape index (κ3) is 14.9. The van der Waals surface area contributed by atoms with Crippen LogP contribution in [0.3, 0.4) is 0 Å². The minimum atomic E-state index is -1.30. The Morgan fingerprint density at radius 3 is 1.91 bits per heavy atom. The minimum Gasteiger partial charge on any atom is -0.497 e. The Morgan fingerprint density at radius 2 is 1.40 bits per heavy atom. The summed E-state index contributed by atoms with van der Waals surface area (Å²) in [6.45, 7) is 20.8. The Labute approximate surface area is 347 Å². The topological polar surface area (TPSA) is 183 Å². The Kier molecular flexibility index (Phi) is 18.2. The highest BCUT2D eigenvalue weighted by Crippen LogP contribution is 2.23. The summed E-state index contributed by atoms with van der Waals surface area (Å²) >= 11 is 1.20. The van der Waals surface area contributed by atoms with Gasteiger partial charge in [0.2, 0.25) is 5.91 Å². The van der Waals surface area contributed by atoms with Gasteiger partial charge in [-0.2, -0.15) is 0 Å². The van der Waals surface area contributed by atoms with Gasteiger partial charge in [0.1, 0.15) is 39.7 Å². The summed E-state index contributed by atoms with van der Waals surface area (Å²) in [7, 11) is 4.51. The molecule has 0 aliphatic carbocycles. The minimum absolute atomic E-state index is 0.0877. The van der Waals surface area contributed by atoms with Crippen LogP contribution < -0.4 is 15.4 Å². The molecule has 58 heavy (non-hydrogen) atoms. The van der Waals surface area contributed by atoms with Crippen LogP contribution in [0.4, 0.5) is 4.79 Å². The van der Waals surface area contributed by atoms with Gasteiger partial charge in [0.05, 0.1) is 19.1 Å². The molecule has 2 rings (SSSR count). The summed E-state index contributed by atoms with van der Waals surface area (Å²) in [6.07, 6.45) is -0.773. The third-order valence-electron chi connectivity index (χ3n) is 9.12. The second-order valence-electron chi connectivity index (χ2n) is 16.9. The standard InChI is InChI=1S/C42H65N5O10S/c1-16-17-30(44-34(48)31-23-58-35(45-31)26(5)43-40(53)57-42(10,11)12)25(4)38(51)55-27(6)36(49)46(13)32(22-28-18-20-29(54-15)21-19-28)37(50)47(14)33(24(2)3)39(52)56-41(7,8)9/h18-21,23-27,30,32-33H,16-17,22H2,1-15H3,(H,43,53)(H,44,48)/t25-,26+,27+,30-,32+,33+/m1/s1. The van der Waals surface area contributed by atoms with Crippen LogP contribution in [-0.2, 0) is 39.8 Å². The summed E-state index contributed by atoms with van der Waals surface area (Å²) in [6, 6.07) is 3.84. The number of carbonyl (C=O) groups excluding carboxylic acids is 6. The summed E-state index contributed by atoms with van der Waals surface area (Å²) in [5.74, 6) is -3.51. The van der Waals surface area contributed by atoms with Gasteiger partial charge in [-0.05, 0) is 92.3 Å². The molecule has 0 spiro atoms. The Morgan fingerprint density at radius 1 is 0.810 bits per heavy atom. The zero-order valence-corrected chi connectivity index (χ0v) is 37.7. The lowest BCUT2D eigenvalue weighted by molar-refractivity contribution is -0.169. The molecular weight excluding hydrogens is 767 g/mol. The van der Waals surface area contributed by atoms with Gasteiger partial charge >= 0.3 is 18.0 Å². The molecular formula is C42H65N5O10S. The fraction of sp³-hybridized carbons (Fsp3) is 0.643. The van der Waals surface area contributed by atoms with Crippen LogP contribution in [0.15, 0.2) is 29.6 Å². The van der Waals surface area contributed by atoms with Gasteiger partial charge in [-0.25, -0.2) is 14.6 Å². The predicted octanol–water partition coefficient (Wildman–Crippen LogP) is 6.10. The first kappa shape index (κ1) is 49.4. The van der Waals surface area contributed by atoms with E-state index in [0.29, 0.717) is 23.6 Å². The number of esters is 2. The van der Waals surface area contributed by atoms with Gasteiger partial charge in [0.25, 0.3) is 11.8 Å². The van der Waals surface area contributed by atoms with E-state index in [1.807, 2.05) is 20.8 Å². The first-order valence-electron chi connectivity index (χ1n) is 19.6. The van der Waals surface area contributed by atoms with Crippen molar-refractivity contribution in [2.75, 3.05) is 21.2 Å². The molecule has 0 bridgehead atoms. The van der Waals surface area contributed by atoms with E-state index in [1.165, 1.54) is 42.2 Å². The highest BCUT2D eigenvalue weighted by Gasteiger charge is 2.40. The van der Waals surface area contributed by atoms with Crippen LogP contribution >= 0.6 is 11.3 Å². The molecule has 4 amide bonds. The second kappa shape index (κ2) is 21.3. The number of hydrogen-bond donors (Lipinski definition) is 2. The lowest BCUT2D eigenvalue weighted by Gasteiger charge is -2.37. The SMILES string of the molecule is CCC[C@@H](NC(=O)c1csc([C@H](C)NC(=O)OC(C)(C)C)n1)[C@@H](C)C(=O)O[C@@H](C)C(=O)N(C)[C@@H](Cc1ccc(OC)cc1)C(=O)N(C)[C@H](C(=O)OC(C)(C)C)C(C)C. The maximum absolute atomic E-state index is 14.3. The molecule has 6 atom stereocenters. The molecule has 1 aromatic heterocycles. The molecule has 0 saturated heterocycles. The van der Waals surface area contributed by atoms with E-state index in [1.54, 1.807) is 92.1 Å². The number of likely N-dealkylation sites (N-methyl/N-ethyl adjacent to an activating group) is 2. The Hall–Kier alpha value is -4.73. The van der Waals surface area contributed by atoms with E-state index in [0.717, 1.165) is 5.56 Å². The molecule has 324 valence electrons. The van der Waals surface area contributed by atoms with Crippen LogP contribution in [0.2, 0.25) is 0 Å². The van der Waals surface area contributed by atoms with Crippen molar-refractivity contribution in [3.63, 3.8) is 0 Å². The zero-order chi connectivity index (χ0) is 44.3. The largest absolute Gasteiger partial charge is 0.497 e. The fourth-order valence-electron chi connectivity index (χ4n) is 6.06. The van der Waals surface area contributed by atoms with Crippen molar-refractivity contribution in [3.05, 3.63) is 45.9 Å². The van der Waals surface area contributed by atoms with Gasteiger partial charge < -0.3 is 39.4 Å². The van der Waals surface area contributed by atoms with Crippen molar-refractivity contribution >= 4 is 47.1 Å². The van der Waals surface area contributed by atoms with E-state index in [2.05, 4.69) is 15.6 Å². The van der Waals surface area contributed by atoms with Crippen molar-refractivity contribution in [1.82, 2.24) is 25.4 Å². The van der Waals surface area contributed by atoms with Crippen LogP contribution in [0.5, 0.6) is 5.75 Å². The van der Waals surface area contributed by atoms with E-state index < -0.39 is 83.1 Å². The maximum Gasteiger partial charge on any atom is 0.408 e. The van der Waals surface area contributed by atoms with E-state index in [-0.39, 0.29) is 18.0 Å². The zero-order valence-electron chi connectivity index (χ0n) is 36.9. The van der Waals surface area contributed by atoms with Crippen molar-refractivity contribution in [3.8, 4) is 5.75 Å². The van der Waals surface area contributed by atoms with Gasteiger partial charge in [-0.1, -0.05) is 39.3 Å². The molecule has 0 radical (unpaired) electrons. The average Bonchev–Trinajstić information content (AvgIpc) is 3.62. The molecule has 0 saturated carbocycles. The molecule has 0 aliphatic heterocycles. The number of benzene rings is 1. The molecule has 2 aromatic rings. The molecule has 16 heteroatoms. The number of thiazole rings is 1. The lowest BCUT2D eigenvalue weighted by Crippen LogP contribution is -2.57. The monoisotopic (exact) mass is 831 g/mol. The van der Waals surface area contributed by atoms with Crippen molar-refractivity contribution in [2.45, 2.75) is 144 Å². The summed E-state index contributed by atoms with van der Waals surface area (Å²) in [4.78, 5) is 87.8. The van der Waals surface area contributed by atoms with Crippen LogP contribution in [0, 0.1) is 11.8 Å². The normalized spacial score (nSPS) is 14.8. The molecule has 2 N–H and O–H groups in total. The molecule has 0 unspecified atom stereocenters. The van der Waals surface area contributed by atoms with Crippen molar-refractivity contribution < 1.29 is 47.7 Å². The van der Waals surface area contributed by atoms with Crippen molar-refractivity contribution in [1.29, 1.82) is 0 Å². The lowest BCUT2D eigenvalue weighted by atomic mass is 9.97. The van der Waals surface area contributed by atoms with Crippen molar-refractivity contribution in [2.24, 2.45) is 11.8 Å². The molecule has 0 aliphatic rings. The molecule has 1 aromatic carbocycles. The predicted molar refractivity (Wildman–Crippen MR) is 221 cm³/mol. The number of carbonyl (C=O) groups is 6. The smallest absolute Gasteiger partial charge is 0.408 e. The fourth-order valence-corrected chi connectivity index (χ4v) is 6.87. The third-order valence-corrected chi connectivity index (χ3v) is 10.2. The number of amides is 4. The molecule has 0 fully saturated rings. The summed E-state index contributed by atoms with van der Waals surface area (Å²) in [5.41, 5.74) is -0.621. The number of ether oxygens (including phenoxy) is 4.